The average Bonchev–Trinajstić information content (AvgIpc) is 3.08. The van der Waals surface area contributed by atoms with Crippen LogP contribution in [0.4, 0.5) is 0 Å². The predicted molar refractivity (Wildman–Crippen MR) is 164 cm³/mol. The topological polar surface area (TPSA) is 310 Å². The van der Waals surface area contributed by atoms with Gasteiger partial charge in [0.1, 0.15) is 102 Å². The summed E-state index contributed by atoms with van der Waals surface area (Å²) in [5, 5.41) is 128. The monoisotopic (exact) mass is 710 g/mol. The van der Waals surface area contributed by atoms with Gasteiger partial charge in [-0.15, -0.1) is 0 Å². The Morgan fingerprint density at radius 1 is 0.760 bits per heavy atom. The lowest BCUT2D eigenvalue weighted by atomic mass is 9.85. The van der Waals surface area contributed by atoms with Crippen LogP contribution >= 0.6 is 0 Å². The largest absolute Gasteiger partial charge is 0.508 e. The molecule has 3 fully saturated rings. The zero-order valence-electron chi connectivity index (χ0n) is 26.2. The van der Waals surface area contributed by atoms with E-state index < -0.39 is 138 Å². The fourth-order valence-electron chi connectivity index (χ4n) is 6.52. The molecule has 4 heterocycles. The number of hydrogen-bond acceptors (Lipinski definition) is 18. The molecule has 0 bridgehead atoms. The van der Waals surface area contributed by atoms with Crippen molar-refractivity contribution in [2.75, 3.05) is 13.2 Å². The van der Waals surface area contributed by atoms with Gasteiger partial charge in [0.25, 0.3) is 0 Å². The molecule has 0 unspecified atom stereocenters. The van der Waals surface area contributed by atoms with Crippen molar-refractivity contribution in [1.29, 1.82) is 0 Å². The van der Waals surface area contributed by atoms with Crippen LogP contribution in [0.5, 0.6) is 17.2 Å². The smallest absolute Gasteiger partial charge is 0.197 e. The second kappa shape index (κ2) is 13.9. The fourth-order valence-corrected chi connectivity index (χ4v) is 6.52. The summed E-state index contributed by atoms with van der Waals surface area (Å²) < 4.78 is 28.7. The predicted octanol–water partition coefficient (Wildman–Crippen LogP) is -2.90. The molecule has 0 aliphatic carbocycles. The SMILES string of the molecule is C[C@@H]1O[C@@H](O[C@@H]2[C@@H](O)[C@H](O)[C@@H](CO)O[C@H]2c2c(O)c([C@H]3OC[C@@H](O)[C@@H](O)[C@@H]3O)c3oc(-c4ccc(O)cc4)cc(=O)c3c2O)[C@H](O)[C@H](O)[C@H]1O. The lowest BCUT2D eigenvalue weighted by Crippen LogP contribution is -2.61. The van der Waals surface area contributed by atoms with Gasteiger partial charge in [0.05, 0.1) is 30.4 Å². The number of phenols is 3. The maximum atomic E-state index is 13.8. The van der Waals surface area contributed by atoms with Crippen LogP contribution in [0.25, 0.3) is 22.3 Å². The van der Waals surface area contributed by atoms with Crippen LogP contribution in [0.1, 0.15) is 30.3 Å². The number of rotatable bonds is 6. The van der Waals surface area contributed by atoms with Gasteiger partial charge < -0.3 is 84.6 Å². The first-order valence-corrected chi connectivity index (χ1v) is 15.6. The average molecular weight is 711 g/mol. The van der Waals surface area contributed by atoms with Crippen LogP contribution in [-0.2, 0) is 18.9 Å². The molecule has 50 heavy (non-hydrogen) atoms. The lowest BCUT2D eigenvalue weighted by molar-refractivity contribution is -0.338. The fraction of sp³-hybridized carbons (Fsp3) is 0.531. The second-order valence-corrected chi connectivity index (χ2v) is 12.6. The Kier molecular flexibility index (Phi) is 10.1. The molecular weight excluding hydrogens is 672 g/mol. The molecule has 274 valence electrons. The van der Waals surface area contributed by atoms with Crippen molar-refractivity contribution in [3.63, 3.8) is 0 Å². The second-order valence-electron chi connectivity index (χ2n) is 12.6. The molecule has 0 amide bonds. The van der Waals surface area contributed by atoms with Gasteiger partial charge in [-0.2, -0.15) is 0 Å². The summed E-state index contributed by atoms with van der Waals surface area (Å²) >= 11 is 0. The quantitative estimate of drug-likeness (QED) is 0.122. The molecule has 2 aromatic carbocycles. The first-order chi connectivity index (χ1) is 23.7. The van der Waals surface area contributed by atoms with Crippen molar-refractivity contribution in [3.8, 4) is 28.6 Å². The summed E-state index contributed by atoms with van der Waals surface area (Å²) in [7, 11) is 0. The molecule has 3 aliphatic heterocycles. The van der Waals surface area contributed by atoms with Crippen molar-refractivity contribution in [2.45, 2.75) is 92.6 Å². The minimum atomic E-state index is -2.03. The highest BCUT2D eigenvalue weighted by molar-refractivity contribution is 5.92. The van der Waals surface area contributed by atoms with Crippen LogP contribution in [0.3, 0.4) is 0 Å². The van der Waals surface area contributed by atoms with Crippen LogP contribution in [0, 0.1) is 0 Å². The van der Waals surface area contributed by atoms with E-state index in [1.54, 1.807) is 0 Å². The molecule has 0 spiro atoms. The molecule has 3 saturated heterocycles. The Labute approximate surface area is 281 Å². The summed E-state index contributed by atoms with van der Waals surface area (Å²) in [5.41, 5.74) is -2.47. The number of hydrogen-bond donors (Lipinski definition) is 12. The Balaban J connectivity index is 1.57. The minimum absolute atomic E-state index is 0.104. The van der Waals surface area contributed by atoms with Crippen LogP contribution < -0.4 is 5.43 Å². The third-order valence-corrected chi connectivity index (χ3v) is 9.38. The number of benzene rings is 2. The molecule has 12 N–H and O–H groups in total. The molecule has 6 rings (SSSR count). The van der Waals surface area contributed by atoms with Crippen LogP contribution in [0.15, 0.2) is 39.5 Å². The summed E-state index contributed by atoms with van der Waals surface area (Å²) in [6, 6.07) is 6.38. The van der Waals surface area contributed by atoms with E-state index in [2.05, 4.69) is 0 Å². The van der Waals surface area contributed by atoms with E-state index in [1.807, 2.05) is 0 Å². The van der Waals surface area contributed by atoms with Gasteiger partial charge in [0, 0.05) is 11.6 Å². The highest BCUT2D eigenvalue weighted by Gasteiger charge is 2.52. The Morgan fingerprint density at radius 2 is 1.44 bits per heavy atom. The summed E-state index contributed by atoms with van der Waals surface area (Å²) in [5.74, 6) is -2.24. The van der Waals surface area contributed by atoms with Gasteiger partial charge in [0.2, 0.25) is 0 Å². The highest BCUT2D eigenvalue weighted by Crippen LogP contribution is 2.51. The van der Waals surface area contributed by atoms with Crippen molar-refractivity contribution < 1.29 is 84.6 Å². The first kappa shape index (κ1) is 36.3. The summed E-state index contributed by atoms with van der Waals surface area (Å²) in [6.07, 6.45) is -24.7. The van der Waals surface area contributed by atoms with E-state index in [-0.39, 0.29) is 17.1 Å². The van der Waals surface area contributed by atoms with Crippen molar-refractivity contribution >= 4 is 11.0 Å². The zero-order valence-corrected chi connectivity index (χ0v) is 26.2. The van der Waals surface area contributed by atoms with E-state index >= 15 is 0 Å². The van der Waals surface area contributed by atoms with Gasteiger partial charge in [-0.25, -0.2) is 0 Å². The number of fused-ring (bicyclic) bond motifs is 1. The van der Waals surface area contributed by atoms with Gasteiger partial charge >= 0.3 is 0 Å². The van der Waals surface area contributed by atoms with Gasteiger partial charge in [-0.05, 0) is 31.2 Å². The van der Waals surface area contributed by atoms with Gasteiger partial charge in [-0.3, -0.25) is 4.79 Å². The first-order valence-electron chi connectivity index (χ1n) is 15.6. The maximum Gasteiger partial charge on any atom is 0.197 e. The normalized spacial score (nSPS) is 38.0. The van der Waals surface area contributed by atoms with E-state index in [0.29, 0.717) is 0 Å². The molecule has 3 aliphatic rings. The van der Waals surface area contributed by atoms with Gasteiger partial charge in [0.15, 0.2) is 17.3 Å². The van der Waals surface area contributed by atoms with Crippen LogP contribution in [0.2, 0.25) is 0 Å². The third kappa shape index (κ3) is 6.11. The number of aromatic hydroxyl groups is 3. The number of aliphatic hydroxyl groups excluding tert-OH is 9. The van der Waals surface area contributed by atoms with Crippen molar-refractivity contribution in [3.05, 3.63) is 51.7 Å². The molecule has 18 heteroatoms. The van der Waals surface area contributed by atoms with E-state index in [1.165, 1.54) is 31.2 Å². The zero-order chi connectivity index (χ0) is 36.3. The third-order valence-electron chi connectivity index (χ3n) is 9.38. The Morgan fingerprint density at radius 3 is 2.10 bits per heavy atom. The molecule has 0 radical (unpaired) electrons. The van der Waals surface area contributed by atoms with E-state index in [0.717, 1.165) is 6.07 Å². The standard InChI is InChI=1S/C32H38O18/c1-9-19(37)24(42)27(45)32(47-9)50-31-26(44)21(39)15(7-33)49-30(31)17-22(40)16-12(35)6-14(10-2-4-11(34)5-3-10)48-28(16)18(23(17)41)29-25(43)20(38)13(36)8-46-29/h2-6,9,13,15,19-21,24-27,29-34,36-45H,7-8H2,1H3/t9-,13+,15+,19-,20+,21+,24+,25-,26-,27+,29+,30-,31+,32-/m0/s1. The molecule has 0 saturated carbocycles. The molecule has 18 nitrogen and oxygen atoms in total. The lowest BCUT2D eigenvalue weighted by Gasteiger charge is -2.46. The Bertz CT molecular complexity index is 1750. The molecular formula is C32H38O18. The van der Waals surface area contributed by atoms with Gasteiger partial charge in [-0.1, -0.05) is 0 Å². The highest BCUT2D eigenvalue weighted by atomic mass is 16.7. The molecule has 14 atom stereocenters. The summed E-state index contributed by atoms with van der Waals surface area (Å²) in [6.45, 7) is -0.146. The molecule has 3 aromatic rings. The van der Waals surface area contributed by atoms with Crippen molar-refractivity contribution in [2.24, 2.45) is 0 Å². The number of aliphatic hydroxyl groups is 9. The maximum absolute atomic E-state index is 13.8. The van der Waals surface area contributed by atoms with Crippen molar-refractivity contribution in [1.82, 2.24) is 0 Å². The van der Waals surface area contributed by atoms with Crippen LogP contribution in [-0.4, -0.2) is 148 Å². The summed E-state index contributed by atoms with van der Waals surface area (Å²) in [4.78, 5) is 13.8. The molecule has 1 aromatic heterocycles. The van der Waals surface area contributed by atoms with E-state index in [9.17, 15) is 66.1 Å². The van der Waals surface area contributed by atoms with E-state index in [4.69, 9.17) is 23.4 Å². The Hall–Kier alpha value is -3.47. The minimum Gasteiger partial charge on any atom is -0.508 e. The number of phenolic OH excluding ortho intramolecular Hbond substituents is 3. The number of ether oxygens (including phenoxy) is 4.